The molecular formula is C20H24N2O4. The van der Waals surface area contributed by atoms with Crippen molar-refractivity contribution in [1.29, 1.82) is 0 Å². The summed E-state index contributed by atoms with van der Waals surface area (Å²) in [5.41, 5.74) is 1.20. The van der Waals surface area contributed by atoms with Crippen molar-refractivity contribution in [3.63, 3.8) is 0 Å². The Morgan fingerprint density at radius 1 is 1.19 bits per heavy atom. The molecule has 6 nitrogen and oxygen atoms in total. The van der Waals surface area contributed by atoms with E-state index >= 15 is 0 Å². The first-order chi connectivity index (χ1) is 12.7. The molecule has 26 heavy (non-hydrogen) atoms. The Balaban J connectivity index is 1.32. The summed E-state index contributed by atoms with van der Waals surface area (Å²) in [6.07, 6.45) is 6.50. The molecule has 1 aromatic carbocycles. The van der Waals surface area contributed by atoms with Crippen LogP contribution in [0.25, 0.3) is 0 Å². The fourth-order valence-corrected chi connectivity index (χ4v) is 5.31. The van der Waals surface area contributed by atoms with Gasteiger partial charge >= 0.3 is 0 Å². The van der Waals surface area contributed by atoms with E-state index in [1.165, 1.54) is 25.7 Å². The smallest absolute Gasteiger partial charge is 0.262 e. The second-order valence-electron chi connectivity index (χ2n) is 7.96. The number of hydrogen-bond donors (Lipinski definition) is 2. The lowest BCUT2D eigenvalue weighted by molar-refractivity contribution is -0.118. The van der Waals surface area contributed by atoms with Gasteiger partial charge in [-0.3, -0.25) is 9.59 Å². The van der Waals surface area contributed by atoms with Crippen molar-refractivity contribution in [3.05, 3.63) is 23.8 Å². The van der Waals surface area contributed by atoms with Crippen LogP contribution in [0.4, 0.5) is 5.69 Å². The van der Waals surface area contributed by atoms with Crippen LogP contribution in [-0.4, -0.2) is 37.2 Å². The first-order valence-electron chi connectivity index (χ1n) is 9.70. The molecule has 2 heterocycles. The molecule has 0 unspecified atom stereocenters. The van der Waals surface area contributed by atoms with E-state index in [4.69, 9.17) is 9.47 Å². The molecule has 2 amide bonds. The summed E-state index contributed by atoms with van der Waals surface area (Å²) < 4.78 is 11.4. The summed E-state index contributed by atoms with van der Waals surface area (Å²) in [5, 5.41) is 6.04. The molecule has 4 aliphatic rings. The van der Waals surface area contributed by atoms with Crippen LogP contribution in [0.3, 0.4) is 0 Å². The Kier molecular flexibility index (Phi) is 3.89. The molecule has 0 spiro atoms. The number of fused-ring (bicyclic) bond motifs is 2. The lowest BCUT2D eigenvalue weighted by atomic mass is 9.61. The van der Waals surface area contributed by atoms with Gasteiger partial charge in [0, 0.05) is 30.0 Å². The van der Waals surface area contributed by atoms with Crippen molar-refractivity contribution in [2.75, 3.05) is 18.5 Å². The van der Waals surface area contributed by atoms with E-state index < -0.39 is 0 Å². The summed E-state index contributed by atoms with van der Waals surface area (Å²) in [7, 11) is 0. The van der Waals surface area contributed by atoms with E-state index in [9.17, 15) is 9.59 Å². The summed E-state index contributed by atoms with van der Waals surface area (Å²) in [5.74, 6) is 1.92. The minimum Gasteiger partial charge on any atom is -0.482 e. The molecule has 1 aromatic rings. The molecule has 1 saturated heterocycles. The Bertz CT molecular complexity index is 739. The number of carbonyl (C=O) groups is 2. The predicted molar refractivity (Wildman–Crippen MR) is 95.1 cm³/mol. The molecule has 0 radical (unpaired) electrons. The van der Waals surface area contributed by atoms with Crippen molar-refractivity contribution < 1.29 is 19.1 Å². The third kappa shape index (κ3) is 2.58. The molecule has 0 aromatic heterocycles. The topological polar surface area (TPSA) is 76.7 Å². The molecule has 138 valence electrons. The van der Waals surface area contributed by atoms with E-state index in [1.54, 1.807) is 18.2 Å². The monoisotopic (exact) mass is 356 g/mol. The molecular weight excluding hydrogens is 332 g/mol. The minimum absolute atomic E-state index is 0.00839. The number of rotatable bonds is 3. The molecule has 4 atom stereocenters. The largest absolute Gasteiger partial charge is 0.482 e. The van der Waals surface area contributed by atoms with Gasteiger partial charge < -0.3 is 20.1 Å². The Hall–Kier alpha value is -2.08. The molecule has 2 N–H and O–H groups in total. The number of benzene rings is 1. The number of anilines is 1. The highest BCUT2D eigenvalue weighted by molar-refractivity contribution is 5.99. The van der Waals surface area contributed by atoms with Crippen molar-refractivity contribution in [2.24, 2.45) is 17.8 Å². The van der Waals surface area contributed by atoms with Gasteiger partial charge in [0.15, 0.2) is 6.61 Å². The third-order valence-corrected chi connectivity index (χ3v) is 6.56. The van der Waals surface area contributed by atoms with Gasteiger partial charge in [-0.25, -0.2) is 0 Å². The average Bonchev–Trinajstić information content (AvgIpc) is 3.30. The fourth-order valence-electron chi connectivity index (χ4n) is 5.31. The second-order valence-corrected chi connectivity index (χ2v) is 7.96. The van der Waals surface area contributed by atoms with Crippen LogP contribution < -0.4 is 15.4 Å². The van der Waals surface area contributed by atoms with Gasteiger partial charge in [0.1, 0.15) is 5.75 Å². The normalized spacial score (nSPS) is 32.8. The summed E-state index contributed by atoms with van der Waals surface area (Å²) >= 11 is 0. The maximum atomic E-state index is 12.9. The molecule has 5 rings (SSSR count). The van der Waals surface area contributed by atoms with E-state index in [2.05, 4.69) is 10.6 Å². The molecule has 2 aliphatic heterocycles. The van der Waals surface area contributed by atoms with Gasteiger partial charge in [-0.2, -0.15) is 0 Å². The lowest BCUT2D eigenvalue weighted by Crippen LogP contribution is -2.63. The highest BCUT2D eigenvalue weighted by atomic mass is 16.5. The van der Waals surface area contributed by atoms with E-state index in [1.807, 2.05) is 0 Å². The van der Waals surface area contributed by atoms with Gasteiger partial charge in [0.05, 0.1) is 11.8 Å². The first kappa shape index (κ1) is 16.1. The van der Waals surface area contributed by atoms with Crippen LogP contribution in [-0.2, 0) is 9.53 Å². The summed E-state index contributed by atoms with van der Waals surface area (Å²) in [6.45, 7) is 0.808. The predicted octanol–water partition coefficient (Wildman–Crippen LogP) is 2.34. The highest BCUT2D eigenvalue weighted by Gasteiger charge is 2.57. The average molecular weight is 356 g/mol. The molecule has 3 fully saturated rings. The number of carbonyl (C=O) groups excluding carboxylic acids is 2. The number of hydrogen-bond acceptors (Lipinski definition) is 4. The van der Waals surface area contributed by atoms with Crippen molar-refractivity contribution >= 4 is 17.5 Å². The molecule has 0 bridgehead atoms. The third-order valence-electron chi connectivity index (χ3n) is 6.56. The zero-order valence-corrected chi connectivity index (χ0v) is 14.7. The maximum Gasteiger partial charge on any atom is 0.262 e. The van der Waals surface area contributed by atoms with Crippen LogP contribution >= 0.6 is 0 Å². The second kappa shape index (κ2) is 6.27. The molecule has 2 saturated carbocycles. The zero-order valence-electron chi connectivity index (χ0n) is 14.7. The van der Waals surface area contributed by atoms with Crippen molar-refractivity contribution in [1.82, 2.24) is 5.32 Å². The van der Waals surface area contributed by atoms with Crippen LogP contribution in [0.15, 0.2) is 18.2 Å². The maximum absolute atomic E-state index is 12.9. The summed E-state index contributed by atoms with van der Waals surface area (Å²) in [4.78, 5) is 24.2. The highest BCUT2D eigenvalue weighted by Crippen LogP contribution is 2.51. The molecule has 2 aliphatic carbocycles. The first-order valence-corrected chi connectivity index (χ1v) is 9.70. The molecule has 6 heteroatoms. The van der Waals surface area contributed by atoms with E-state index in [0.717, 1.165) is 13.0 Å². The van der Waals surface area contributed by atoms with Gasteiger partial charge in [-0.1, -0.05) is 25.7 Å². The van der Waals surface area contributed by atoms with Crippen LogP contribution in [0.5, 0.6) is 5.75 Å². The quantitative estimate of drug-likeness (QED) is 0.872. The van der Waals surface area contributed by atoms with E-state index in [0.29, 0.717) is 40.9 Å². The standard InChI is InChI=1S/C20H24N2O4/c23-16-10-26-15-9-12(5-6-14(15)21-16)20(24)22-18-13-7-8-25-19(13)17(18)11-3-1-2-4-11/h5-6,9,11,13,17-19H,1-4,7-8,10H2,(H,21,23)(H,22,24)/t13-,17+,18+,19-/m0/s1. The van der Waals surface area contributed by atoms with Crippen LogP contribution in [0, 0.1) is 17.8 Å². The Morgan fingerprint density at radius 3 is 2.88 bits per heavy atom. The number of ether oxygens (including phenoxy) is 2. The lowest BCUT2D eigenvalue weighted by Gasteiger charge is -2.50. The van der Waals surface area contributed by atoms with Crippen molar-refractivity contribution in [3.8, 4) is 5.75 Å². The summed E-state index contributed by atoms with van der Waals surface area (Å²) in [6, 6.07) is 5.41. The SMILES string of the molecule is O=C1COc2cc(C(=O)N[C@@H]3[C@@H]4CCO[C@@H]4[C@@H]3C3CCCC3)ccc2N1. The zero-order chi connectivity index (χ0) is 17.7. The van der Waals surface area contributed by atoms with Gasteiger partial charge in [-0.05, 0) is 30.5 Å². The van der Waals surface area contributed by atoms with Gasteiger partial charge in [0.25, 0.3) is 11.8 Å². The Labute approximate surface area is 152 Å². The number of amides is 2. The van der Waals surface area contributed by atoms with E-state index in [-0.39, 0.29) is 24.5 Å². The van der Waals surface area contributed by atoms with Gasteiger partial charge in [0.2, 0.25) is 0 Å². The number of nitrogens with one attached hydrogen (secondary N) is 2. The minimum atomic E-state index is -0.171. The Morgan fingerprint density at radius 2 is 2.04 bits per heavy atom. The van der Waals surface area contributed by atoms with Gasteiger partial charge in [-0.15, -0.1) is 0 Å². The van der Waals surface area contributed by atoms with Crippen LogP contribution in [0.1, 0.15) is 42.5 Å². The van der Waals surface area contributed by atoms with Crippen molar-refractivity contribution in [2.45, 2.75) is 44.2 Å². The van der Waals surface area contributed by atoms with Crippen LogP contribution in [0.2, 0.25) is 0 Å². The fraction of sp³-hybridized carbons (Fsp3) is 0.600.